The standard InChI is InChI=1S/C28H40N2O3/c1-27(2,3)29(7)25(32)23-15-11-9-13-20(23)17-18-22(31)19-21-14-10-12-16-24(21)26(33)30(8)28(4,5)6/h9-16,22,31H,17-19H2,1-8H3. The molecule has 0 aromatic heterocycles. The van der Waals surface area contributed by atoms with Crippen LogP contribution < -0.4 is 0 Å². The van der Waals surface area contributed by atoms with Crippen LogP contribution in [0.5, 0.6) is 0 Å². The van der Waals surface area contributed by atoms with Crippen LogP contribution in [0.25, 0.3) is 0 Å². The Morgan fingerprint density at radius 3 is 1.61 bits per heavy atom. The van der Waals surface area contributed by atoms with Crippen LogP contribution in [0.2, 0.25) is 0 Å². The number of carbonyl (C=O) groups excluding carboxylic acids is 2. The zero-order chi connectivity index (χ0) is 25.0. The molecular formula is C28H40N2O3. The van der Waals surface area contributed by atoms with E-state index in [-0.39, 0.29) is 22.9 Å². The number of benzene rings is 2. The van der Waals surface area contributed by atoms with Gasteiger partial charge in [-0.2, -0.15) is 0 Å². The van der Waals surface area contributed by atoms with Crippen LogP contribution in [0, 0.1) is 0 Å². The fraction of sp³-hybridized carbons (Fsp3) is 0.500. The lowest BCUT2D eigenvalue weighted by molar-refractivity contribution is 0.0643. The first-order valence-corrected chi connectivity index (χ1v) is 11.6. The van der Waals surface area contributed by atoms with Gasteiger partial charge in [0.05, 0.1) is 6.10 Å². The molecule has 33 heavy (non-hydrogen) atoms. The zero-order valence-electron chi connectivity index (χ0n) is 21.5. The molecule has 0 aliphatic carbocycles. The van der Waals surface area contributed by atoms with Gasteiger partial charge in [-0.25, -0.2) is 0 Å². The van der Waals surface area contributed by atoms with Gasteiger partial charge in [-0.15, -0.1) is 0 Å². The van der Waals surface area contributed by atoms with Gasteiger partial charge in [0, 0.05) is 36.3 Å². The minimum absolute atomic E-state index is 0.0197. The number of aliphatic hydroxyl groups is 1. The van der Waals surface area contributed by atoms with Gasteiger partial charge in [0.25, 0.3) is 11.8 Å². The van der Waals surface area contributed by atoms with Gasteiger partial charge in [-0.05, 0) is 84.1 Å². The van der Waals surface area contributed by atoms with E-state index in [1.54, 1.807) is 16.8 Å². The molecule has 0 saturated heterocycles. The Hall–Kier alpha value is -2.66. The summed E-state index contributed by atoms with van der Waals surface area (Å²) in [5.41, 5.74) is 2.48. The summed E-state index contributed by atoms with van der Waals surface area (Å²) in [6.07, 6.45) is 0.848. The lowest BCUT2D eigenvalue weighted by Crippen LogP contribution is -2.43. The Balaban J connectivity index is 2.14. The van der Waals surface area contributed by atoms with Crippen molar-refractivity contribution in [1.29, 1.82) is 0 Å². The first-order chi connectivity index (χ1) is 15.2. The van der Waals surface area contributed by atoms with Crippen LogP contribution in [0.15, 0.2) is 48.5 Å². The molecular weight excluding hydrogens is 412 g/mol. The van der Waals surface area contributed by atoms with Gasteiger partial charge in [-0.1, -0.05) is 36.4 Å². The maximum atomic E-state index is 13.0. The second kappa shape index (κ2) is 10.5. The van der Waals surface area contributed by atoms with E-state index in [1.807, 2.05) is 97.1 Å². The van der Waals surface area contributed by atoms with Gasteiger partial charge in [0.1, 0.15) is 0 Å². The van der Waals surface area contributed by atoms with Gasteiger partial charge < -0.3 is 14.9 Å². The highest BCUT2D eigenvalue weighted by atomic mass is 16.3. The Bertz CT molecular complexity index is 970. The number of amides is 2. The highest BCUT2D eigenvalue weighted by Crippen LogP contribution is 2.22. The maximum absolute atomic E-state index is 13.0. The lowest BCUT2D eigenvalue weighted by Gasteiger charge is -2.33. The van der Waals surface area contributed by atoms with E-state index >= 15 is 0 Å². The average Bonchev–Trinajstić information content (AvgIpc) is 2.75. The highest BCUT2D eigenvalue weighted by Gasteiger charge is 2.26. The minimum atomic E-state index is -0.623. The molecule has 0 saturated carbocycles. The second-order valence-electron chi connectivity index (χ2n) is 10.8. The molecule has 1 atom stereocenters. The van der Waals surface area contributed by atoms with Crippen molar-refractivity contribution in [2.24, 2.45) is 0 Å². The van der Waals surface area contributed by atoms with Gasteiger partial charge in [0.15, 0.2) is 0 Å². The third-order valence-corrected chi connectivity index (χ3v) is 6.32. The Morgan fingerprint density at radius 2 is 1.15 bits per heavy atom. The van der Waals surface area contributed by atoms with Crippen LogP contribution in [0.1, 0.15) is 79.8 Å². The van der Waals surface area contributed by atoms with Crippen molar-refractivity contribution >= 4 is 11.8 Å². The van der Waals surface area contributed by atoms with Crippen LogP contribution in [0.4, 0.5) is 0 Å². The second-order valence-corrected chi connectivity index (χ2v) is 10.8. The molecule has 5 heteroatoms. The third kappa shape index (κ3) is 6.91. The predicted molar refractivity (Wildman–Crippen MR) is 135 cm³/mol. The number of aryl methyl sites for hydroxylation is 1. The van der Waals surface area contributed by atoms with E-state index in [0.717, 1.165) is 11.1 Å². The lowest BCUT2D eigenvalue weighted by atomic mass is 9.94. The zero-order valence-corrected chi connectivity index (χ0v) is 21.5. The molecule has 0 aliphatic rings. The normalized spacial score (nSPS) is 12.9. The van der Waals surface area contributed by atoms with Gasteiger partial charge in [-0.3, -0.25) is 9.59 Å². The smallest absolute Gasteiger partial charge is 0.254 e. The van der Waals surface area contributed by atoms with E-state index in [9.17, 15) is 14.7 Å². The monoisotopic (exact) mass is 452 g/mol. The minimum Gasteiger partial charge on any atom is -0.393 e. The Labute approximate surface area is 199 Å². The number of aliphatic hydroxyl groups excluding tert-OH is 1. The summed E-state index contributed by atoms with van der Waals surface area (Å²) in [5.74, 6) is -0.0693. The van der Waals surface area contributed by atoms with E-state index in [2.05, 4.69) is 0 Å². The fourth-order valence-corrected chi connectivity index (χ4v) is 3.50. The maximum Gasteiger partial charge on any atom is 0.254 e. The van der Waals surface area contributed by atoms with Crippen LogP contribution in [-0.4, -0.2) is 58.0 Å². The number of hydrogen-bond acceptors (Lipinski definition) is 3. The third-order valence-electron chi connectivity index (χ3n) is 6.32. The average molecular weight is 453 g/mol. The summed E-state index contributed by atoms with van der Waals surface area (Å²) >= 11 is 0. The van der Waals surface area contributed by atoms with Crippen LogP contribution in [-0.2, 0) is 12.8 Å². The molecule has 1 unspecified atom stereocenters. The van der Waals surface area contributed by atoms with Crippen molar-refractivity contribution in [1.82, 2.24) is 9.80 Å². The molecule has 5 nitrogen and oxygen atoms in total. The van der Waals surface area contributed by atoms with Crippen molar-refractivity contribution in [2.75, 3.05) is 14.1 Å². The summed E-state index contributed by atoms with van der Waals surface area (Å²) in [6, 6.07) is 15.1. The predicted octanol–water partition coefficient (Wildman–Crippen LogP) is 4.96. The quantitative estimate of drug-likeness (QED) is 0.646. The molecule has 0 aliphatic heterocycles. The van der Waals surface area contributed by atoms with Crippen LogP contribution in [0.3, 0.4) is 0 Å². The highest BCUT2D eigenvalue weighted by molar-refractivity contribution is 5.96. The first kappa shape index (κ1) is 26.6. The molecule has 180 valence electrons. The summed E-state index contributed by atoms with van der Waals surface area (Å²) in [4.78, 5) is 29.5. The number of hydrogen-bond donors (Lipinski definition) is 1. The fourth-order valence-electron chi connectivity index (χ4n) is 3.50. The van der Waals surface area contributed by atoms with Crippen molar-refractivity contribution in [3.8, 4) is 0 Å². The SMILES string of the molecule is CN(C(=O)c1ccccc1CCC(O)Cc1ccccc1C(=O)N(C)C(C)(C)C)C(C)(C)C. The number of nitrogens with zero attached hydrogens (tertiary/aromatic N) is 2. The van der Waals surface area contributed by atoms with E-state index in [0.29, 0.717) is 30.4 Å². The largest absolute Gasteiger partial charge is 0.393 e. The molecule has 0 heterocycles. The molecule has 0 spiro atoms. The van der Waals surface area contributed by atoms with Gasteiger partial charge in [0.2, 0.25) is 0 Å². The topological polar surface area (TPSA) is 60.9 Å². The molecule has 2 rings (SSSR count). The van der Waals surface area contributed by atoms with Crippen molar-refractivity contribution < 1.29 is 14.7 Å². The molecule has 0 bridgehead atoms. The Kier molecular flexibility index (Phi) is 8.47. The van der Waals surface area contributed by atoms with Crippen molar-refractivity contribution in [3.63, 3.8) is 0 Å². The molecule has 2 amide bonds. The summed E-state index contributed by atoms with van der Waals surface area (Å²) in [5, 5.41) is 10.8. The molecule has 0 fully saturated rings. The molecule has 2 aromatic rings. The van der Waals surface area contributed by atoms with Crippen molar-refractivity contribution in [3.05, 3.63) is 70.8 Å². The molecule has 0 radical (unpaired) electrons. The summed E-state index contributed by atoms with van der Waals surface area (Å²) in [6.45, 7) is 12.0. The van der Waals surface area contributed by atoms with E-state index in [4.69, 9.17) is 0 Å². The summed E-state index contributed by atoms with van der Waals surface area (Å²) < 4.78 is 0. The number of carbonyl (C=O) groups is 2. The van der Waals surface area contributed by atoms with E-state index in [1.165, 1.54) is 0 Å². The Morgan fingerprint density at radius 1 is 0.758 bits per heavy atom. The summed E-state index contributed by atoms with van der Waals surface area (Å²) in [7, 11) is 3.62. The van der Waals surface area contributed by atoms with E-state index < -0.39 is 6.10 Å². The van der Waals surface area contributed by atoms with Gasteiger partial charge >= 0.3 is 0 Å². The van der Waals surface area contributed by atoms with Crippen LogP contribution >= 0.6 is 0 Å². The van der Waals surface area contributed by atoms with Crippen molar-refractivity contribution in [2.45, 2.75) is 78.0 Å². The molecule has 1 N–H and O–H groups in total. The molecule has 2 aromatic carbocycles. The first-order valence-electron chi connectivity index (χ1n) is 11.6. The number of rotatable bonds is 7.